The fourth-order valence-corrected chi connectivity index (χ4v) is 2.60. The van der Waals surface area contributed by atoms with E-state index >= 15 is 0 Å². The maximum atomic E-state index is 12.9. The van der Waals surface area contributed by atoms with Gasteiger partial charge in [0.2, 0.25) is 0 Å². The highest BCUT2D eigenvalue weighted by molar-refractivity contribution is 6.01. The Morgan fingerprint density at radius 1 is 0.967 bits per heavy atom. The standard InChI is InChI=1S/C19H20F3NO7/c1-18(2,3)29-17(26)23-13(10-6-8-11(9-7-10)19(20,21)22)12(15(24)27-4)14(30-23)16(25)28-5/h6-9,13H,1-5H3. The first-order valence-electron chi connectivity index (χ1n) is 8.58. The third-order valence-corrected chi connectivity index (χ3v) is 3.85. The van der Waals surface area contributed by atoms with Gasteiger partial charge in [-0.25, -0.2) is 14.4 Å². The van der Waals surface area contributed by atoms with Gasteiger partial charge in [0, 0.05) is 0 Å². The summed E-state index contributed by atoms with van der Waals surface area (Å²) < 4.78 is 53.2. The van der Waals surface area contributed by atoms with Crippen LogP contribution in [0.25, 0.3) is 0 Å². The normalized spacial score (nSPS) is 16.8. The summed E-state index contributed by atoms with van der Waals surface area (Å²) >= 11 is 0. The summed E-state index contributed by atoms with van der Waals surface area (Å²) in [7, 11) is 2.06. The molecule has 1 unspecified atom stereocenters. The molecule has 2 rings (SSSR count). The molecular formula is C19H20F3NO7. The van der Waals surface area contributed by atoms with Crippen molar-refractivity contribution in [3.8, 4) is 0 Å². The number of nitrogens with zero attached hydrogens (tertiary/aromatic N) is 1. The molecule has 8 nitrogen and oxygen atoms in total. The molecule has 0 spiro atoms. The van der Waals surface area contributed by atoms with E-state index in [0.717, 1.165) is 38.5 Å². The van der Waals surface area contributed by atoms with Gasteiger partial charge in [0.25, 0.3) is 5.76 Å². The molecule has 1 aromatic rings. The van der Waals surface area contributed by atoms with Gasteiger partial charge < -0.3 is 19.0 Å². The van der Waals surface area contributed by atoms with Crippen LogP contribution >= 0.6 is 0 Å². The predicted molar refractivity (Wildman–Crippen MR) is 94.4 cm³/mol. The average molecular weight is 431 g/mol. The van der Waals surface area contributed by atoms with Crippen LogP contribution in [-0.2, 0) is 34.8 Å². The third kappa shape index (κ3) is 4.84. The largest absolute Gasteiger partial charge is 0.465 e. The van der Waals surface area contributed by atoms with E-state index in [0.29, 0.717) is 5.06 Å². The zero-order valence-electron chi connectivity index (χ0n) is 16.8. The van der Waals surface area contributed by atoms with Crippen molar-refractivity contribution in [1.29, 1.82) is 0 Å². The van der Waals surface area contributed by atoms with E-state index in [1.165, 1.54) is 0 Å². The van der Waals surface area contributed by atoms with Crippen LogP contribution in [0.5, 0.6) is 0 Å². The quantitative estimate of drug-likeness (QED) is 0.534. The number of alkyl halides is 3. The minimum atomic E-state index is -4.59. The molecule has 0 saturated carbocycles. The Kier molecular flexibility index (Phi) is 6.33. The van der Waals surface area contributed by atoms with Crippen molar-refractivity contribution in [2.24, 2.45) is 0 Å². The highest BCUT2D eigenvalue weighted by Gasteiger charge is 2.48. The number of rotatable bonds is 3. The number of hydroxylamine groups is 2. The SMILES string of the molecule is COC(=O)C1=C(C(=O)OC)C(c2ccc(C(F)(F)F)cc2)N(C(=O)OC(C)(C)C)O1. The van der Waals surface area contributed by atoms with E-state index < -0.39 is 52.7 Å². The molecule has 1 amide bonds. The lowest BCUT2D eigenvalue weighted by Gasteiger charge is -2.28. The lowest BCUT2D eigenvalue weighted by Crippen LogP contribution is -2.37. The third-order valence-electron chi connectivity index (χ3n) is 3.85. The minimum absolute atomic E-state index is 0.0492. The number of benzene rings is 1. The maximum Gasteiger partial charge on any atom is 0.444 e. The van der Waals surface area contributed by atoms with Crippen LogP contribution in [-0.4, -0.2) is 42.9 Å². The van der Waals surface area contributed by atoms with E-state index in [-0.39, 0.29) is 5.56 Å². The number of methoxy groups -OCH3 is 2. The number of carbonyl (C=O) groups excluding carboxylic acids is 3. The van der Waals surface area contributed by atoms with Gasteiger partial charge in [0.15, 0.2) is 0 Å². The predicted octanol–water partition coefficient (Wildman–Crippen LogP) is 3.53. The second-order valence-electron chi connectivity index (χ2n) is 7.15. The molecule has 0 aliphatic carbocycles. The highest BCUT2D eigenvalue weighted by Crippen LogP contribution is 2.41. The molecule has 1 atom stereocenters. The van der Waals surface area contributed by atoms with Crippen molar-refractivity contribution in [1.82, 2.24) is 5.06 Å². The van der Waals surface area contributed by atoms with Crippen LogP contribution in [0.1, 0.15) is 37.9 Å². The lowest BCUT2D eigenvalue weighted by molar-refractivity contribution is -0.153. The summed E-state index contributed by atoms with van der Waals surface area (Å²) in [5.74, 6) is -2.76. The molecule has 1 aromatic carbocycles. The fraction of sp³-hybridized carbons (Fsp3) is 0.421. The van der Waals surface area contributed by atoms with Gasteiger partial charge in [-0.1, -0.05) is 12.1 Å². The Morgan fingerprint density at radius 2 is 1.50 bits per heavy atom. The Morgan fingerprint density at radius 3 is 1.93 bits per heavy atom. The molecule has 0 saturated heterocycles. The number of hydrogen-bond acceptors (Lipinski definition) is 7. The summed E-state index contributed by atoms with van der Waals surface area (Å²) in [6, 6.07) is 2.24. The zero-order valence-corrected chi connectivity index (χ0v) is 16.8. The average Bonchev–Trinajstić information content (AvgIpc) is 3.05. The van der Waals surface area contributed by atoms with Gasteiger partial charge >= 0.3 is 24.2 Å². The summed E-state index contributed by atoms with van der Waals surface area (Å²) in [5.41, 5.74) is -2.28. The first-order valence-corrected chi connectivity index (χ1v) is 8.58. The number of esters is 2. The monoisotopic (exact) mass is 431 g/mol. The molecule has 1 heterocycles. The van der Waals surface area contributed by atoms with Crippen LogP contribution in [0.2, 0.25) is 0 Å². The molecule has 11 heteroatoms. The minimum Gasteiger partial charge on any atom is -0.465 e. The first kappa shape index (κ1) is 23.0. The van der Waals surface area contributed by atoms with Crippen LogP contribution in [0.15, 0.2) is 35.6 Å². The van der Waals surface area contributed by atoms with Gasteiger partial charge in [-0.2, -0.15) is 13.2 Å². The van der Waals surface area contributed by atoms with Crippen molar-refractivity contribution < 1.29 is 46.6 Å². The van der Waals surface area contributed by atoms with Crippen LogP contribution < -0.4 is 0 Å². The van der Waals surface area contributed by atoms with Crippen LogP contribution in [0, 0.1) is 0 Å². The van der Waals surface area contributed by atoms with Gasteiger partial charge in [0.05, 0.1) is 19.8 Å². The van der Waals surface area contributed by atoms with E-state index in [1.54, 1.807) is 20.8 Å². The zero-order chi connectivity index (χ0) is 22.9. The Balaban J connectivity index is 2.61. The molecule has 0 fully saturated rings. The maximum absolute atomic E-state index is 12.9. The molecule has 1 aliphatic rings. The second-order valence-corrected chi connectivity index (χ2v) is 7.15. The number of carbonyl (C=O) groups is 3. The van der Waals surface area contributed by atoms with Gasteiger partial charge in [-0.3, -0.25) is 0 Å². The lowest BCUT2D eigenvalue weighted by atomic mass is 9.97. The summed E-state index contributed by atoms with van der Waals surface area (Å²) in [5, 5.41) is 0.576. The van der Waals surface area contributed by atoms with E-state index in [2.05, 4.69) is 9.47 Å². The topological polar surface area (TPSA) is 91.4 Å². The molecule has 0 radical (unpaired) electrons. The summed E-state index contributed by atoms with van der Waals surface area (Å²) in [4.78, 5) is 42.4. The molecule has 0 N–H and O–H groups in total. The van der Waals surface area contributed by atoms with E-state index in [1.807, 2.05) is 0 Å². The van der Waals surface area contributed by atoms with Crippen LogP contribution in [0.3, 0.4) is 0 Å². The molecule has 30 heavy (non-hydrogen) atoms. The van der Waals surface area contributed by atoms with E-state index in [4.69, 9.17) is 9.57 Å². The molecule has 0 bridgehead atoms. The van der Waals surface area contributed by atoms with E-state index in [9.17, 15) is 27.6 Å². The molecule has 164 valence electrons. The van der Waals surface area contributed by atoms with Crippen molar-refractivity contribution in [2.75, 3.05) is 14.2 Å². The summed E-state index contributed by atoms with van der Waals surface area (Å²) in [6.45, 7) is 4.72. The van der Waals surface area contributed by atoms with Crippen molar-refractivity contribution in [3.05, 3.63) is 46.7 Å². The van der Waals surface area contributed by atoms with Crippen LogP contribution in [0.4, 0.5) is 18.0 Å². The summed E-state index contributed by atoms with van der Waals surface area (Å²) in [6.07, 6.45) is -5.67. The Labute approximate surface area is 170 Å². The van der Waals surface area contributed by atoms with Gasteiger partial charge in [-0.05, 0) is 38.5 Å². The second kappa shape index (κ2) is 8.25. The molecule has 0 aromatic heterocycles. The fourth-order valence-electron chi connectivity index (χ4n) is 2.60. The van der Waals surface area contributed by atoms with Crippen molar-refractivity contribution >= 4 is 18.0 Å². The number of halogens is 3. The molecule has 1 aliphatic heterocycles. The number of hydrogen-bond donors (Lipinski definition) is 0. The Bertz CT molecular complexity index is 870. The Hall–Kier alpha value is -3.24. The van der Waals surface area contributed by atoms with Gasteiger partial charge in [-0.15, -0.1) is 5.06 Å². The number of amides is 1. The van der Waals surface area contributed by atoms with Gasteiger partial charge in [0.1, 0.15) is 17.2 Å². The van der Waals surface area contributed by atoms with Crippen molar-refractivity contribution in [3.63, 3.8) is 0 Å². The smallest absolute Gasteiger partial charge is 0.444 e. The highest BCUT2D eigenvalue weighted by atomic mass is 19.4. The molecular weight excluding hydrogens is 411 g/mol. The number of ether oxygens (including phenoxy) is 3. The first-order chi connectivity index (χ1) is 13.8. The van der Waals surface area contributed by atoms with Crippen molar-refractivity contribution in [2.45, 2.75) is 38.6 Å².